The van der Waals surface area contributed by atoms with Crippen molar-refractivity contribution >= 4 is 21.8 Å². The summed E-state index contributed by atoms with van der Waals surface area (Å²) in [7, 11) is 0. The lowest BCUT2D eigenvalue weighted by Gasteiger charge is -2.16. The van der Waals surface area contributed by atoms with Crippen molar-refractivity contribution in [3.05, 3.63) is 131 Å². The van der Waals surface area contributed by atoms with Crippen molar-refractivity contribution in [2.24, 2.45) is 0 Å². The Morgan fingerprint density at radius 1 is 0.735 bits per heavy atom. The first-order chi connectivity index (χ1) is 23.8. The maximum absolute atomic E-state index is 6.78. The molecule has 0 atom stereocenters. The number of hydrogen-bond donors (Lipinski definition) is 0. The molecule has 0 aliphatic rings. The highest BCUT2D eigenvalue weighted by Crippen LogP contribution is 2.38. The van der Waals surface area contributed by atoms with Crippen LogP contribution >= 0.6 is 0 Å². The van der Waals surface area contributed by atoms with Crippen molar-refractivity contribution in [3.8, 4) is 34.1 Å². The third-order valence-corrected chi connectivity index (χ3v) is 9.81. The highest BCUT2D eigenvalue weighted by molar-refractivity contribution is 6.09. The topological polar surface area (TPSA) is 44.9 Å². The Hall–Kier alpha value is -5.16. The van der Waals surface area contributed by atoms with Crippen molar-refractivity contribution < 1.29 is 4.74 Å². The van der Waals surface area contributed by atoms with Gasteiger partial charge in [0.15, 0.2) is 0 Å². The zero-order valence-corrected chi connectivity index (χ0v) is 29.8. The predicted octanol–water partition coefficient (Wildman–Crippen LogP) is 11.8. The van der Waals surface area contributed by atoms with Crippen LogP contribution in [0.3, 0.4) is 0 Å². The van der Waals surface area contributed by atoms with Crippen molar-refractivity contribution in [1.29, 1.82) is 0 Å². The van der Waals surface area contributed by atoms with E-state index >= 15 is 0 Å². The molecule has 0 spiro atoms. The fourth-order valence-corrected chi connectivity index (χ4v) is 7.22. The lowest BCUT2D eigenvalue weighted by Crippen LogP contribution is -2.05. The third kappa shape index (κ3) is 6.03. The molecule has 3 heterocycles. The van der Waals surface area contributed by atoms with Crippen LogP contribution in [0, 0.1) is 20.8 Å². The smallest absolute Gasteiger partial charge is 0.137 e. The molecule has 0 unspecified atom stereocenters. The number of rotatable bonds is 10. The Labute approximate surface area is 290 Å². The van der Waals surface area contributed by atoms with E-state index in [0.717, 1.165) is 65.4 Å². The number of fused-ring (bicyclic) bond motifs is 3. The van der Waals surface area contributed by atoms with Gasteiger partial charge in [0, 0.05) is 34.7 Å². The molecule has 0 N–H and O–H groups in total. The van der Waals surface area contributed by atoms with Gasteiger partial charge < -0.3 is 4.74 Å². The molecule has 5 heteroatoms. The molecule has 7 rings (SSSR count). The van der Waals surface area contributed by atoms with Gasteiger partial charge in [0.1, 0.15) is 17.3 Å². The fraction of sp³-hybridized carbons (Fsp3) is 0.273. The summed E-state index contributed by atoms with van der Waals surface area (Å²) in [6.45, 7) is 15.5. The Balaban J connectivity index is 1.36. The molecule has 0 amide bonds. The summed E-state index contributed by atoms with van der Waals surface area (Å²) < 4.78 is 11.2. The van der Waals surface area contributed by atoms with Crippen LogP contribution in [0.25, 0.3) is 44.4 Å². The summed E-state index contributed by atoms with van der Waals surface area (Å²) in [5, 5.41) is 7.59. The van der Waals surface area contributed by atoms with E-state index in [1.165, 1.54) is 49.8 Å². The summed E-state index contributed by atoms with van der Waals surface area (Å²) in [5.41, 5.74) is 13.2. The minimum absolute atomic E-state index is 0.318. The zero-order chi connectivity index (χ0) is 34.2. The van der Waals surface area contributed by atoms with Crippen LogP contribution < -0.4 is 4.74 Å². The average Bonchev–Trinajstić information content (AvgIpc) is 3.60. The molecule has 7 aromatic rings. The number of unbranched alkanes of at least 4 members (excludes halogenated alkanes) is 1. The number of aromatic nitrogens is 4. The Bertz CT molecular complexity index is 2280. The van der Waals surface area contributed by atoms with Crippen LogP contribution in [-0.2, 0) is 12.8 Å². The first kappa shape index (κ1) is 32.4. The van der Waals surface area contributed by atoms with Gasteiger partial charge in [-0.05, 0) is 116 Å². The van der Waals surface area contributed by atoms with Gasteiger partial charge in [0.05, 0.1) is 28.1 Å². The lowest BCUT2D eigenvalue weighted by molar-refractivity contribution is 0.481. The van der Waals surface area contributed by atoms with Crippen LogP contribution in [0.5, 0.6) is 11.5 Å². The van der Waals surface area contributed by atoms with Crippen molar-refractivity contribution in [2.45, 2.75) is 80.1 Å². The van der Waals surface area contributed by atoms with Gasteiger partial charge in [0.2, 0.25) is 0 Å². The van der Waals surface area contributed by atoms with Gasteiger partial charge in [-0.15, -0.1) is 0 Å². The maximum atomic E-state index is 6.78. The number of ether oxygens (including phenoxy) is 1. The molecule has 0 aliphatic heterocycles. The largest absolute Gasteiger partial charge is 0.457 e. The Morgan fingerprint density at radius 3 is 2.27 bits per heavy atom. The second-order valence-corrected chi connectivity index (χ2v) is 13.6. The molecule has 0 fully saturated rings. The van der Waals surface area contributed by atoms with E-state index in [1.54, 1.807) is 0 Å². The fourth-order valence-electron chi connectivity index (χ4n) is 7.22. The minimum Gasteiger partial charge on any atom is -0.457 e. The third-order valence-electron chi connectivity index (χ3n) is 9.81. The number of nitrogens with zero attached hydrogens (tertiary/aromatic N) is 4. The SMILES string of the molecule is CCCCc1c(-c2c(C)cccc2C)c(C)nn1-c1cc(Oc2ccc3c4ccccc4n(-c4cc(CC)ccn4)c3c2)cc(C(C)C)c1. The van der Waals surface area contributed by atoms with Crippen molar-refractivity contribution in [1.82, 2.24) is 19.3 Å². The van der Waals surface area contributed by atoms with E-state index in [4.69, 9.17) is 14.8 Å². The van der Waals surface area contributed by atoms with Gasteiger partial charge in [-0.2, -0.15) is 5.10 Å². The van der Waals surface area contributed by atoms with Gasteiger partial charge >= 0.3 is 0 Å². The molecule has 5 nitrogen and oxygen atoms in total. The highest BCUT2D eigenvalue weighted by atomic mass is 16.5. The standard InChI is InChI=1S/C44H46N4O/c1-8-10-17-40-44(43-29(5)14-13-15-30(43)6)31(7)46-48(40)34-24-33(28(3)4)25-36(26-34)49-35-19-20-38-37-16-11-12-18-39(37)47(41(38)27-35)42-23-32(9-2)21-22-45-42/h11-16,18-28H,8-10,17H2,1-7H3. The van der Waals surface area contributed by atoms with Gasteiger partial charge in [-0.1, -0.05) is 70.5 Å². The Kier molecular flexibility index (Phi) is 8.85. The van der Waals surface area contributed by atoms with Gasteiger partial charge in [-0.3, -0.25) is 4.57 Å². The zero-order valence-electron chi connectivity index (χ0n) is 29.8. The first-order valence-corrected chi connectivity index (χ1v) is 17.7. The summed E-state index contributed by atoms with van der Waals surface area (Å²) in [6.07, 6.45) is 6.04. The number of aryl methyl sites for hydroxylation is 4. The van der Waals surface area contributed by atoms with E-state index in [0.29, 0.717) is 5.92 Å². The number of pyridine rings is 1. The molecule has 4 aromatic carbocycles. The summed E-state index contributed by atoms with van der Waals surface area (Å²) in [6, 6.07) is 32.4. The normalized spacial score (nSPS) is 11.7. The number of hydrogen-bond acceptors (Lipinski definition) is 3. The van der Waals surface area contributed by atoms with E-state index in [-0.39, 0.29) is 0 Å². The quantitative estimate of drug-likeness (QED) is 0.149. The highest BCUT2D eigenvalue weighted by Gasteiger charge is 2.22. The average molecular weight is 647 g/mol. The molecule has 0 bridgehead atoms. The maximum Gasteiger partial charge on any atom is 0.137 e. The molecule has 0 saturated carbocycles. The molecule has 248 valence electrons. The van der Waals surface area contributed by atoms with Crippen LogP contribution in [-0.4, -0.2) is 19.3 Å². The van der Waals surface area contributed by atoms with Crippen molar-refractivity contribution in [3.63, 3.8) is 0 Å². The Morgan fingerprint density at radius 2 is 1.51 bits per heavy atom. The summed E-state index contributed by atoms with van der Waals surface area (Å²) in [5.74, 6) is 2.82. The molecule has 0 aliphatic carbocycles. The molecular formula is C44H46N4O. The van der Waals surface area contributed by atoms with E-state index in [1.807, 2.05) is 6.20 Å². The number of benzene rings is 4. The second kappa shape index (κ2) is 13.4. The van der Waals surface area contributed by atoms with Crippen LogP contribution in [0.4, 0.5) is 0 Å². The van der Waals surface area contributed by atoms with Gasteiger partial charge in [0.25, 0.3) is 0 Å². The summed E-state index contributed by atoms with van der Waals surface area (Å²) in [4.78, 5) is 4.80. The van der Waals surface area contributed by atoms with Gasteiger partial charge in [-0.25, -0.2) is 9.67 Å². The number of para-hydroxylation sites is 1. The molecule has 0 radical (unpaired) electrons. The lowest BCUT2D eigenvalue weighted by atomic mass is 9.92. The first-order valence-electron chi connectivity index (χ1n) is 17.7. The minimum atomic E-state index is 0.318. The monoisotopic (exact) mass is 646 g/mol. The second-order valence-electron chi connectivity index (χ2n) is 13.6. The van der Waals surface area contributed by atoms with E-state index in [9.17, 15) is 0 Å². The molecule has 3 aromatic heterocycles. The van der Waals surface area contributed by atoms with E-state index in [2.05, 4.69) is 149 Å². The van der Waals surface area contributed by atoms with Crippen molar-refractivity contribution in [2.75, 3.05) is 0 Å². The molecule has 0 saturated heterocycles. The molecule has 49 heavy (non-hydrogen) atoms. The van der Waals surface area contributed by atoms with Crippen LogP contribution in [0.2, 0.25) is 0 Å². The van der Waals surface area contributed by atoms with E-state index < -0.39 is 0 Å². The van der Waals surface area contributed by atoms with Crippen LogP contribution in [0.15, 0.2) is 97.2 Å². The molecular weight excluding hydrogens is 601 g/mol. The summed E-state index contributed by atoms with van der Waals surface area (Å²) >= 11 is 0. The van der Waals surface area contributed by atoms with Crippen LogP contribution in [0.1, 0.15) is 80.1 Å². The predicted molar refractivity (Wildman–Crippen MR) is 204 cm³/mol.